The van der Waals surface area contributed by atoms with Crippen LogP contribution in [0, 0.1) is 0 Å². The Bertz CT molecular complexity index is 110. The first-order chi connectivity index (χ1) is 7.35. The molecule has 0 amide bonds. The fourth-order valence-electron chi connectivity index (χ4n) is 1.54. The number of hydrogen-bond acceptors (Lipinski definition) is 3. The van der Waals surface area contributed by atoms with Crippen LogP contribution in [0.3, 0.4) is 0 Å². The van der Waals surface area contributed by atoms with Crippen LogP contribution in [0.2, 0.25) is 0 Å². The summed E-state index contributed by atoms with van der Waals surface area (Å²) in [4.78, 5) is 0. The summed E-state index contributed by atoms with van der Waals surface area (Å²) in [6.45, 7) is 7.88. The highest BCUT2D eigenvalue weighted by Gasteiger charge is 2.06. The third-order valence-electron chi connectivity index (χ3n) is 2.40. The summed E-state index contributed by atoms with van der Waals surface area (Å²) >= 11 is 0. The molecule has 0 bridgehead atoms. The zero-order chi connectivity index (χ0) is 11.4. The highest BCUT2D eigenvalue weighted by Crippen LogP contribution is 2.03. The first-order valence-electron chi connectivity index (χ1n) is 6.15. The molecule has 3 heteroatoms. The standard InChI is InChI=1S/C12H27NO2/c1-4-9-13-12(7-6-10-14-3)8-11-15-5-2/h12-13H,4-11H2,1-3H3. The molecule has 0 fully saturated rings. The van der Waals surface area contributed by atoms with Crippen LogP contribution in [0.5, 0.6) is 0 Å². The zero-order valence-corrected chi connectivity index (χ0v) is 10.6. The summed E-state index contributed by atoms with van der Waals surface area (Å²) < 4.78 is 10.4. The molecule has 0 saturated carbocycles. The van der Waals surface area contributed by atoms with Gasteiger partial charge in [-0.1, -0.05) is 6.92 Å². The lowest BCUT2D eigenvalue weighted by Gasteiger charge is -2.18. The molecular formula is C12H27NO2. The molecule has 1 N–H and O–H groups in total. The lowest BCUT2D eigenvalue weighted by atomic mass is 10.1. The third-order valence-corrected chi connectivity index (χ3v) is 2.40. The minimum absolute atomic E-state index is 0.589. The maximum absolute atomic E-state index is 5.38. The van der Waals surface area contributed by atoms with Gasteiger partial charge in [-0.05, 0) is 39.2 Å². The zero-order valence-electron chi connectivity index (χ0n) is 10.6. The van der Waals surface area contributed by atoms with Crippen molar-refractivity contribution in [1.29, 1.82) is 0 Å². The highest BCUT2D eigenvalue weighted by atomic mass is 16.5. The van der Waals surface area contributed by atoms with Crippen LogP contribution in [-0.2, 0) is 9.47 Å². The number of hydrogen-bond donors (Lipinski definition) is 1. The molecule has 1 unspecified atom stereocenters. The maximum Gasteiger partial charge on any atom is 0.0480 e. The largest absolute Gasteiger partial charge is 0.385 e. The van der Waals surface area contributed by atoms with Gasteiger partial charge in [0, 0.05) is 33.0 Å². The van der Waals surface area contributed by atoms with Gasteiger partial charge >= 0.3 is 0 Å². The third kappa shape index (κ3) is 10.2. The predicted molar refractivity (Wildman–Crippen MR) is 64.3 cm³/mol. The SMILES string of the molecule is CCCNC(CCCOC)CCOCC. The molecule has 0 spiro atoms. The molecule has 0 aromatic carbocycles. The Morgan fingerprint density at radius 2 is 1.93 bits per heavy atom. The minimum Gasteiger partial charge on any atom is -0.385 e. The van der Waals surface area contributed by atoms with E-state index in [4.69, 9.17) is 9.47 Å². The summed E-state index contributed by atoms with van der Waals surface area (Å²) in [5.41, 5.74) is 0. The molecule has 1 atom stereocenters. The fourth-order valence-corrected chi connectivity index (χ4v) is 1.54. The number of methoxy groups -OCH3 is 1. The van der Waals surface area contributed by atoms with Crippen LogP contribution >= 0.6 is 0 Å². The molecule has 0 aromatic rings. The van der Waals surface area contributed by atoms with Gasteiger partial charge in [0.15, 0.2) is 0 Å². The normalized spacial score (nSPS) is 13.0. The van der Waals surface area contributed by atoms with Crippen LogP contribution in [0.15, 0.2) is 0 Å². The van der Waals surface area contributed by atoms with Gasteiger partial charge in [0.2, 0.25) is 0 Å². The van der Waals surface area contributed by atoms with E-state index in [1.807, 2.05) is 6.92 Å². The molecule has 3 nitrogen and oxygen atoms in total. The molecule has 0 rings (SSSR count). The van der Waals surface area contributed by atoms with E-state index in [0.29, 0.717) is 6.04 Å². The molecule has 0 heterocycles. The first kappa shape index (κ1) is 14.9. The molecule has 0 saturated heterocycles. The second kappa shape index (κ2) is 12.0. The molecule has 0 aromatic heterocycles. The lowest BCUT2D eigenvalue weighted by Crippen LogP contribution is -2.31. The van der Waals surface area contributed by atoms with Crippen molar-refractivity contribution in [3.63, 3.8) is 0 Å². The molecule has 0 aliphatic rings. The average molecular weight is 217 g/mol. The van der Waals surface area contributed by atoms with Gasteiger partial charge in [0.1, 0.15) is 0 Å². The number of nitrogens with one attached hydrogen (secondary N) is 1. The summed E-state index contributed by atoms with van der Waals surface area (Å²) in [5.74, 6) is 0. The topological polar surface area (TPSA) is 30.5 Å². The highest BCUT2D eigenvalue weighted by molar-refractivity contribution is 4.66. The summed E-state index contributed by atoms with van der Waals surface area (Å²) in [7, 11) is 1.76. The van der Waals surface area contributed by atoms with Gasteiger partial charge in [-0.3, -0.25) is 0 Å². The van der Waals surface area contributed by atoms with E-state index in [0.717, 1.165) is 39.2 Å². The van der Waals surface area contributed by atoms with E-state index in [9.17, 15) is 0 Å². The van der Waals surface area contributed by atoms with E-state index in [1.54, 1.807) is 7.11 Å². The second-order valence-electron chi connectivity index (χ2n) is 3.77. The number of rotatable bonds is 11. The van der Waals surface area contributed by atoms with Crippen molar-refractivity contribution in [2.75, 3.05) is 33.5 Å². The van der Waals surface area contributed by atoms with Crippen LogP contribution in [0.4, 0.5) is 0 Å². The van der Waals surface area contributed by atoms with Gasteiger partial charge in [-0.15, -0.1) is 0 Å². The molecule has 92 valence electrons. The average Bonchev–Trinajstić information content (AvgIpc) is 2.25. The van der Waals surface area contributed by atoms with Crippen LogP contribution < -0.4 is 5.32 Å². The maximum atomic E-state index is 5.38. The molecule has 0 aliphatic carbocycles. The van der Waals surface area contributed by atoms with Crippen molar-refractivity contribution < 1.29 is 9.47 Å². The van der Waals surface area contributed by atoms with E-state index in [1.165, 1.54) is 12.8 Å². The van der Waals surface area contributed by atoms with Crippen molar-refractivity contribution in [3.05, 3.63) is 0 Å². The van der Waals surface area contributed by atoms with Crippen molar-refractivity contribution >= 4 is 0 Å². The molecular weight excluding hydrogens is 190 g/mol. The van der Waals surface area contributed by atoms with E-state index < -0.39 is 0 Å². The monoisotopic (exact) mass is 217 g/mol. The Hall–Kier alpha value is -0.120. The van der Waals surface area contributed by atoms with Crippen molar-refractivity contribution in [2.45, 2.75) is 45.6 Å². The van der Waals surface area contributed by atoms with Gasteiger partial charge in [0.05, 0.1) is 0 Å². The van der Waals surface area contributed by atoms with Crippen molar-refractivity contribution in [3.8, 4) is 0 Å². The Morgan fingerprint density at radius 3 is 2.53 bits per heavy atom. The smallest absolute Gasteiger partial charge is 0.0480 e. The molecule has 0 aliphatic heterocycles. The fraction of sp³-hybridized carbons (Fsp3) is 1.00. The Balaban J connectivity index is 3.53. The molecule has 15 heavy (non-hydrogen) atoms. The van der Waals surface area contributed by atoms with E-state index in [-0.39, 0.29) is 0 Å². The summed E-state index contributed by atoms with van der Waals surface area (Å²) in [6, 6.07) is 0.589. The Morgan fingerprint density at radius 1 is 1.13 bits per heavy atom. The van der Waals surface area contributed by atoms with E-state index >= 15 is 0 Å². The minimum atomic E-state index is 0.589. The second-order valence-corrected chi connectivity index (χ2v) is 3.77. The summed E-state index contributed by atoms with van der Waals surface area (Å²) in [5, 5.41) is 3.55. The van der Waals surface area contributed by atoms with Crippen molar-refractivity contribution in [1.82, 2.24) is 5.32 Å². The van der Waals surface area contributed by atoms with Crippen molar-refractivity contribution in [2.24, 2.45) is 0 Å². The van der Waals surface area contributed by atoms with Crippen LogP contribution in [-0.4, -0.2) is 39.5 Å². The first-order valence-corrected chi connectivity index (χ1v) is 6.15. The van der Waals surface area contributed by atoms with Crippen LogP contribution in [0.1, 0.15) is 39.5 Å². The quantitative estimate of drug-likeness (QED) is 0.538. The Kier molecular flexibility index (Phi) is 11.9. The van der Waals surface area contributed by atoms with Gasteiger partial charge in [-0.25, -0.2) is 0 Å². The van der Waals surface area contributed by atoms with E-state index in [2.05, 4.69) is 12.2 Å². The van der Waals surface area contributed by atoms with Gasteiger partial charge in [0.25, 0.3) is 0 Å². The van der Waals surface area contributed by atoms with Crippen LogP contribution in [0.25, 0.3) is 0 Å². The van der Waals surface area contributed by atoms with Gasteiger partial charge < -0.3 is 14.8 Å². The number of ether oxygens (including phenoxy) is 2. The lowest BCUT2D eigenvalue weighted by molar-refractivity contribution is 0.132. The predicted octanol–water partition coefficient (Wildman–Crippen LogP) is 2.21. The summed E-state index contributed by atoms with van der Waals surface area (Å²) in [6.07, 6.45) is 4.61. The van der Waals surface area contributed by atoms with Gasteiger partial charge in [-0.2, -0.15) is 0 Å². The Labute approximate surface area is 94.5 Å². The molecule has 0 radical (unpaired) electrons.